The van der Waals surface area contributed by atoms with Crippen molar-refractivity contribution < 1.29 is 8.42 Å². The fraction of sp³-hybridized carbons (Fsp3) is 0.571. The van der Waals surface area contributed by atoms with Crippen LogP contribution in [0.2, 0.25) is 0 Å². The molecule has 0 heterocycles. The Labute approximate surface area is 115 Å². The molecule has 0 saturated heterocycles. The second-order valence-electron chi connectivity index (χ2n) is 5.36. The van der Waals surface area contributed by atoms with Gasteiger partial charge in [-0.1, -0.05) is 26.3 Å². The third-order valence-corrected chi connectivity index (χ3v) is 5.50. The first-order valence-corrected chi connectivity index (χ1v) is 8.33. The maximum atomic E-state index is 12.5. The fourth-order valence-corrected chi connectivity index (χ4v) is 4.42. The van der Waals surface area contributed by atoms with Crippen LogP contribution in [0.15, 0.2) is 23.1 Å². The van der Waals surface area contributed by atoms with Gasteiger partial charge in [-0.25, -0.2) is 13.1 Å². The molecule has 1 aliphatic carbocycles. The van der Waals surface area contributed by atoms with Crippen LogP contribution in [0.5, 0.6) is 0 Å². The minimum absolute atomic E-state index is 0.0520. The average molecular weight is 282 g/mol. The molecule has 2 atom stereocenters. The molecule has 0 aromatic heterocycles. The highest BCUT2D eigenvalue weighted by molar-refractivity contribution is 7.89. The van der Waals surface area contributed by atoms with E-state index in [9.17, 15) is 8.42 Å². The molecule has 3 N–H and O–H groups in total. The van der Waals surface area contributed by atoms with Gasteiger partial charge in [-0.3, -0.25) is 0 Å². The first-order chi connectivity index (χ1) is 8.94. The number of benzene rings is 1. The minimum atomic E-state index is -3.47. The lowest BCUT2D eigenvalue weighted by Gasteiger charge is -2.19. The molecule has 1 aromatic carbocycles. The minimum Gasteiger partial charge on any atom is -0.399 e. The van der Waals surface area contributed by atoms with Gasteiger partial charge in [0.1, 0.15) is 0 Å². The molecular weight excluding hydrogens is 260 g/mol. The number of hydrogen-bond acceptors (Lipinski definition) is 3. The van der Waals surface area contributed by atoms with Gasteiger partial charge in [-0.05, 0) is 42.9 Å². The highest BCUT2D eigenvalue weighted by Gasteiger charge is 2.29. The van der Waals surface area contributed by atoms with Gasteiger partial charge >= 0.3 is 0 Å². The zero-order valence-corrected chi connectivity index (χ0v) is 12.3. The smallest absolute Gasteiger partial charge is 0.241 e. The monoisotopic (exact) mass is 282 g/mol. The Kier molecular flexibility index (Phi) is 4.16. The van der Waals surface area contributed by atoms with Crippen molar-refractivity contribution in [2.75, 3.05) is 5.73 Å². The first-order valence-electron chi connectivity index (χ1n) is 6.84. The zero-order chi connectivity index (χ0) is 14.0. The Morgan fingerprint density at radius 1 is 1.37 bits per heavy atom. The van der Waals surface area contributed by atoms with Crippen molar-refractivity contribution in [3.8, 4) is 0 Å². The molecule has 4 nitrogen and oxygen atoms in total. The molecule has 0 amide bonds. The zero-order valence-electron chi connectivity index (χ0n) is 11.5. The maximum Gasteiger partial charge on any atom is 0.241 e. The Morgan fingerprint density at radius 3 is 2.68 bits per heavy atom. The largest absolute Gasteiger partial charge is 0.399 e. The lowest BCUT2D eigenvalue weighted by molar-refractivity contribution is 0.476. The van der Waals surface area contributed by atoms with Gasteiger partial charge in [-0.2, -0.15) is 0 Å². The van der Waals surface area contributed by atoms with Crippen molar-refractivity contribution in [2.24, 2.45) is 5.92 Å². The molecule has 1 fully saturated rings. The number of anilines is 1. The van der Waals surface area contributed by atoms with Crippen molar-refractivity contribution >= 4 is 15.7 Å². The van der Waals surface area contributed by atoms with Crippen LogP contribution in [0.25, 0.3) is 0 Å². The van der Waals surface area contributed by atoms with Crippen molar-refractivity contribution in [1.29, 1.82) is 0 Å². The molecule has 0 bridgehead atoms. The van der Waals surface area contributed by atoms with Crippen LogP contribution in [-0.4, -0.2) is 14.5 Å². The summed E-state index contributed by atoms with van der Waals surface area (Å²) < 4.78 is 27.8. The normalized spacial score (nSPS) is 23.7. The van der Waals surface area contributed by atoms with E-state index in [4.69, 9.17) is 5.73 Å². The Morgan fingerprint density at radius 2 is 2.11 bits per heavy atom. The summed E-state index contributed by atoms with van der Waals surface area (Å²) in [5.41, 5.74) is 7.02. The molecular formula is C14H22N2O2S. The van der Waals surface area contributed by atoms with Crippen LogP contribution in [0.1, 0.15) is 38.7 Å². The summed E-state index contributed by atoms with van der Waals surface area (Å²) in [6, 6.07) is 5.15. The molecule has 1 aliphatic rings. The lowest BCUT2D eigenvalue weighted by atomic mass is 10.1. The number of aryl methyl sites for hydroxylation is 1. The predicted octanol–water partition coefficient (Wildman–Crippen LogP) is 2.30. The van der Waals surface area contributed by atoms with Gasteiger partial charge in [0, 0.05) is 11.7 Å². The van der Waals surface area contributed by atoms with E-state index in [1.807, 2.05) is 6.92 Å². The van der Waals surface area contributed by atoms with Gasteiger partial charge in [0.25, 0.3) is 0 Å². The predicted molar refractivity (Wildman–Crippen MR) is 77.4 cm³/mol. The van der Waals surface area contributed by atoms with Crippen LogP contribution in [-0.2, 0) is 16.4 Å². The summed E-state index contributed by atoms with van der Waals surface area (Å²) in [5.74, 6) is 0.404. The van der Waals surface area contributed by atoms with Crippen LogP contribution in [0.4, 0.5) is 5.69 Å². The van der Waals surface area contributed by atoms with E-state index in [0.717, 1.165) is 24.8 Å². The molecule has 0 radical (unpaired) electrons. The van der Waals surface area contributed by atoms with E-state index < -0.39 is 10.0 Å². The van der Waals surface area contributed by atoms with Crippen molar-refractivity contribution in [3.05, 3.63) is 23.8 Å². The molecule has 1 saturated carbocycles. The van der Waals surface area contributed by atoms with Gasteiger partial charge in [0.05, 0.1) is 4.90 Å². The number of sulfonamides is 1. The summed E-state index contributed by atoms with van der Waals surface area (Å²) in [4.78, 5) is 0.328. The van der Waals surface area contributed by atoms with Crippen LogP contribution >= 0.6 is 0 Å². The number of nitrogen functional groups attached to an aromatic ring is 1. The standard InChI is InChI=1S/C14H22N2O2S/c1-3-11-7-8-12(15)9-14(11)19(17,18)16-13-6-4-5-10(13)2/h7-10,13,16H,3-6,15H2,1-2H3. The third kappa shape index (κ3) is 3.09. The molecule has 106 valence electrons. The molecule has 5 heteroatoms. The number of nitrogens with two attached hydrogens (primary N) is 1. The highest BCUT2D eigenvalue weighted by atomic mass is 32.2. The van der Waals surface area contributed by atoms with Gasteiger partial charge in [0.2, 0.25) is 10.0 Å². The molecule has 0 spiro atoms. The number of nitrogens with one attached hydrogen (secondary N) is 1. The fourth-order valence-electron chi connectivity index (χ4n) is 2.70. The van der Waals surface area contributed by atoms with Gasteiger partial charge in [-0.15, -0.1) is 0 Å². The summed E-state index contributed by atoms with van der Waals surface area (Å²) in [6.45, 7) is 4.04. The van der Waals surface area contributed by atoms with Gasteiger partial charge in [0.15, 0.2) is 0 Å². The summed E-state index contributed by atoms with van der Waals surface area (Å²) >= 11 is 0. The Balaban J connectivity index is 2.31. The van der Waals surface area contributed by atoms with Gasteiger partial charge < -0.3 is 5.73 Å². The van der Waals surface area contributed by atoms with E-state index in [2.05, 4.69) is 11.6 Å². The third-order valence-electron chi connectivity index (χ3n) is 3.93. The second-order valence-corrected chi connectivity index (χ2v) is 7.04. The molecule has 0 aliphatic heterocycles. The Hall–Kier alpha value is -1.07. The quantitative estimate of drug-likeness (QED) is 0.832. The maximum absolute atomic E-state index is 12.5. The topological polar surface area (TPSA) is 72.2 Å². The van der Waals surface area contributed by atoms with Crippen molar-refractivity contribution in [2.45, 2.75) is 50.5 Å². The van der Waals surface area contributed by atoms with E-state index in [1.165, 1.54) is 0 Å². The second kappa shape index (κ2) is 5.51. The lowest BCUT2D eigenvalue weighted by Crippen LogP contribution is -2.36. The molecule has 2 unspecified atom stereocenters. The molecule has 19 heavy (non-hydrogen) atoms. The Bertz CT molecular complexity index is 555. The van der Waals surface area contributed by atoms with Crippen LogP contribution < -0.4 is 10.5 Å². The average Bonchev–Trinajstić information content (AvgIpc) is 2.74. The van der Waals surface area contributed by atoms with Crippen molar-refractivity contribution in [1.82, 2.24) is 4.72 Å². The SMILES string of the molecule is CCc1ccc(N)cc1S(=O)(=O)NC1CCCC1C. The highest BCUT2D eigenvalue weighted by Crippen LogP contribution is 2.27. The van der Waals surface area contributed by atoms with E-state index in [0.29, 0.717) is 22.9 Å². The molecule has 2 rings (SSSR count). The summed E-state index contributed by atoms with van der Waals surface area (Å²) in [5, 5.41) is 0. The summed E-state index contributed by atoms with van der Waals surface area (Å²) in [6.07, 6.45) is 3.78. The number of hydrogen-bond donors (Lipinski definition) is 2. The van der Waals surface area contributed by atoms with E-state index in [-0.39, 0.29) is 6.04 Å². The van der Waals surface area contributed by atoms with Crippen molar-refractivity contribution in [3.63, 3.8) is 0 Å². The first kappa shape index (κ1) is 14.3. The van der Waals surface area contributed by atoms with Crippen LogP contribution in [0, 0.1) is 5.92 Å². The van der Waals surface area contributed by atoms with Crippen LogP contribution in [0.3, 0.4) is 0 Å². The number of rotatable bonds is 4. The van der Waals surface area contributed by atoms with E-state index in [1.54, 1.807) is 18.2 Å². The summed E-state index contributed by atoms with van der Waals surface area (Å²) in [7, 11) is -3.47. The molecule has 1 aromatic rings. The van der Waals surface area contributed by atoms with E-state index >= 15 is 0 Å².